The summed E-state index contributed by atoms with van der Waals surface area (Å²) in [4.78, 5) is 13.7. The van der Waals surface area contributed by atoms with Gasteiger partial charge in [0, 0.05) is 18.3 Å². The quantitative estimate of drug-likeness (QED) is 0.816. The number of para-hydroxylation sites is 1. The van der Waals surface area contributed by atoms with Crippen molar-refractivity contribution in [3.05, 3.63) is 53.8 Å². The molecule has 108 valence electrons. The van der Waals surface area contributed by atoms with E-state index >= 15 is 0 Å². The van der Waals surface area contributed by atoms with E-state index in [9.17, 15) is 10.1 Å². The predicted molar refractivity (Wildman–Crippen MR) is 83.6 cm³/mol. The molecule has 1 aliphatic heterocycles. The molecule has 1 aromatic carbocycles. The number of carbonyl (C=O) groups is 1. The van der Waals surface area contributed by atoms with E-state index in [0.29, 0.717) is 18.5 Å². The van der Waals surface area contributed by atoms with Gasteiger partial charge in [-0.05, 0) is 24.5 Å². The Morgan fingerprint density at radius 1 is 1.52 bits per heavy atom. The molecular weight excluding hydrogens is 262 g/mol. The largest absolute Gasteiger partial charge is 0.356 e. The van der Waals surface area contributed by atoms with Crippen LogP contribution in [0.25, 0.3) is 0 Å². The van der Waals surface area contributed by atoms with Crippen molar-refractivity contribution in [1.82, 2.24) is 4.90 Å². The standard InChI is InChI=1S/C17H19N3O/c1-3-6-13-7-5-8-14(11-18)17(13)19-15-10-16(21)20(12-15)9-4-2/h3,5,7-8,10,19H,1,4,6,9,12H2,2H3. The van der Waals surface area contributed by atoms with Gasteiger partial charge in [-0.25, -0.2) is 0 Å². The lowest BCUT2D eigenvalue weighted by molar-refractivity contribution is -0.124. The summed E-state index contributed by atoms with van der Waals surface area (Å²) in [5.74, 6) is 0.0269. The Labute approximate surface area is 125 Å². The van der Waals surface area contributed by atoms with Gasteiger partial charge in [0.1, 0.15) is 6.07 Å². The number of hydrogen-bond acceptors (Lipinski definition) is 3. The average molecular weight is 281 g/mol. The third-order valence-electron chi connectivity index (χ3n) is 3.39. The molecule has 0 unspecified atom stereocenters. The first kappa shape index (κ1) is 14.9. The second-order valence-corrected chi connectivity index (χ2v) is 5.00. The Morgan fingerprint density at radius 3 is 3.00 bits per heavy atom. The first-order valence-corrected chi connectivity index (χ1v) is 7.09. The molecule has 0 aromatic heterocycles. The van der Waals surface area contributed by atoms with E-state index in [1.165, 1.54) is 0 Å². The van der Waals surface area contributed by atoms with Crippen LogP contribution in [0.2, 0.25) is 0 Å². The van der Waals surface area contributed by atoms with E-state index in [0.717, 1.165) is 29.9 Å². The predicted octanol–water partition coefficient (Wildman–Crippen LogP) is 2.83. The van der Waals surface area contributed by atoms with Gasteiger partial charge >= 0.3 is 0 Å². The topological polar surface area (TPSA) is 56.1 Å². The number of anilines is 1. The van der Waals surface area contributed by atoms with Crippen LogP contribution in [0.4, 0.5) is 5.69 Å². The van der Waals surface area contributed by atoms with Crippen LogP contribution in [0.5, 0.6) is 0 Å². The molecule has 0 aliphatic carbocycles. The molecule has 4 heteroatoms. The zero-order valence-electron chi connectivity index (χ0n) is 12.2. The third kappa shape index (κ3) is 3.32. The zero-order valence-corrected chi connectivity index (χ0v) is 12.2. The molecule has 0 saturated heterocycles. The number of allylic oxidation sites excluding steroid dienone is 1. The maximum Gasteiger partial charge on any atom is 0.248 e. The molecule has 0 fully saturated rings. The molecule has 0 spiro atoms. The van der Waals surface area contributed by atoms with Crippen LogP contribution >= 0.6 is 0 Å². The van der Waals surface area contributed by atoms with Gasteiger partial charge < -0.3 is 10.2 Å². The Balaban J connectivity index is 2.24. The minimum absolute atomic E-state index is 0.0269. The molecule has 1 amide bonds. The fraction of sp³-hybridized carbons (Fsp3) is 0.294. The van der Waals surface area contributed by atoms with Gasteiger partial charge in [-0.3, -0.25) is 4.79 Å². The molecule has 21 heavy (non-hydrogen) atoms. The number of benzene rings is 1. The maximum atomic E-state index is 11.9. The van der Waals surface area contributed by atoms with Crippen molar-refractivity contribution >= 4 is 11.6 Å². The molecule has 0 atom stereocenters. The highest BCUT2D eigenvalue weighted by Crippen LogP contribution is 2.25. The van der Waals surface area contributed by atoms with Crippen LogP contribution in [-0.2, 0) is 11.2 Å². The van der Waals surface area contributed by atoms with Gasteiger partial charge in [0.05, 0.1) is 17.8 Å². The third-order valence-corrected chi connectivity index (χ3v) is 3.39. The summed E-state index contributed by atoms with van der Waals surface area (Å²) >= 11 is 0. The van der Waals surface area contributed by atoms with Crippen molar-refractivity contribution in [2.75, 3.05) is 18.4 Å². The van der Waals surface area contributed by atoms with Crippen LogP contribution in [0.1, 0.15) is 24.5 Å². The zero-order chi connectivity index (χ0) is 15.2. The van der Waals surface area contributed by atoms with Gasteiger partial charge in [0.15, 0.2) is 0 Å². The van der Waals surface area contributed by atoms with Crippen molar-refractivity contribution in [3.63, 3.8) is 0 Å². The normalized spacial score (nSPS) is 13.8. The van der Waals surface area contributed by atoms with Crippen LogP contribution in [0.3, 0.4) is 0 Å². The first-order valence-electron chi connectivity index (χ1n) is 7.09. The van der Waals surface area contributed by atoms with E-state index in [-0.39, 0.29) is 5.91 Å². The molecule has 0 saturated carbocycles. The fourth-order valence-corrected chi connectivity index (χ4v) is 2.43. The van der Waals surface area contributed by atoms with Gasteiger partial charge in [-0.2, -0.15) is 5.26 Å². The van der Waals surface area contributed by atoms with Crippen LogP contribution in [0, 0.1) is 11.3 Å². The minimum Gasteiger partial charge on any atom is -0.356 e. The molecule has 1 heterocycles. The summed E-state index contributed by atoms with van der Waals surface area (Å²) in [6, 6.07) is 7.79. The van der Waals surface area contributed by atoms with E-state index in [2.05, 4.69) is 18.0 Å². The van der Waals surface area contributed by atoms with E-state index in [1.54, 1.807) is 23.1 Å². The SMILES string of the molecule is C=CCc1cccc(C#N)c1NC1=CC(=O)N(CCC)C1. The average Bonchev–Trinajstić information content (AvgIpc) is 2.81. The van der Waals surface area contributed by atoms with Crippen molar-refractivity contribution in [3.8, 4) is 6.07 Å². The van der Waals surface area contributed by atoms with Crippen LogP contribution in [-0.4, -0.2) is 23.9 Å². The molecule has 2 rings (SSSR count). The molecule has 1 aromatic rings. The van der Waals surface area contributed by atoms with Crippen molar-refractivity contribution in [1.29, 1.82) is 5.26 Å². The summed E-state index contributed by atoms with van der Waals surface area (Å²) in [7, 11) is 0. The first-order chi connectivity index (χ1) is 10.2. The number of nitriles is 1. The number of rotatable bonds is 6. The summed E-state index contributed by atoms with van der Waals surface area (Å²) in [5, 5.41) is 12.5. The van der Waals surface area contributed by atoms with E-state index < -0.39 is 0 Å². The molecule has 1 N–H and O–H groups in total. The van der Waals surface area contributed by atoms with Crippen LogP contribution < -0.4 is 5.32 Å². The van der Waals surface area contributed by atoms with Gasteiger partial charge in [0.2, 0.25) is 5.91 Å². The smallest absolute Gasteiger partial charge is 0.248 e. The van der Waals surface area contributed by atoms with E-state index in [1.807, 2.05) is 19.1 Å². The molecule has 0 bridgehead atoms. The number of hydrogen-bond donors (Lipinski definition) is 1. The minimum atomic E-state index is 0.0269. The lowest BCUT2D eigenvalue weighted by atomic mass is 10.0. The summed E-state index contributed by atoms with van der Waals surface area (Å²) in [6.07, 6.45) is 5.03. The number of nitrogens with one attached hydrogen (secondary N) is 1. The lowest BCUT2D eigenvalue weighted by Gasteiger charge is -2.17. The van der Waals surface area contributed by atoms with Crippen molar-refractivity contribution in [2.24, 2.45) is 0 Å². The number of amides is 1. The molecular formula is C17H19N3O. The Hall–Kier alpha value is -2.54. The molecule has 4 nitrogen and oxygen atoms in total. The van der Waals surface area contributed by atoms with Gasteiger partial charge in [-0.15, -0.1) is 6.58 Å². The molecule has 0 radical (unpaired) electrons. The summed E-state index contributed by atoms with van der Waals surface area (Å²) in [6.45, 7) is 7.11. The Morgan fingerprint density at radius 2 is 2.33 bits per heavy atom. The number of carbonyl (C=O) groups excluding carboxylic acids is 1. The summed E-state index contributed by atoms with van der Waals surface area (Å²) in [5.41, 5.74) is 3.20. The second kappa shape index (κ2) is 6.76. The monoisotopic (exact) mass is 281 g/mol. The van der Waals surface area contributed by atoms with Gasteiger partial charge in [0.25, 0.3) is 0 Å². The van der Waals surface area contributed by atoms with E-state index in [4.69, 9.17) is 0 Å². The summed E-state index contributed by atoms with van der Waals surface area (Å²) < 4.78 is 0. The Kier molecular flexibility index (Phi) is 4.78. The fourth-order valence-electron chi connectivity index (χ4n) is 2.43. The van der Waals surface area contributed by atoms with Crippen LogP contribution in [0.15, 0.2) is 42.6 Å². The van der Waals surface area contributed by atoms with Gasteiger partial charge in [-0.1, -0.05) is 25.1 Å². The lowest BCUT2D eigenvalue weighted by Crippen LogP contribution is -2.27. The highest BCUT2D eigenvalue weighted by molar-refractivity contribution is 5.92. The van der Waals surface area contributed by atoms with Crippen molar-refractivity contribution < 1.29 is 4.79 Å². The number of nitrogens with zero attached hydrogens (tertiary/aromatic N) is 2. The Bertz CT molecular complexity index is 625. The highest BCUT2D eigenvalue weighted by Gasteiger charge is 2.21. The second-order valence-electron chi connectivity index (χ2n) is 5.00. The van der Waals surface area contributed by atoms with Crippen molar-refractivity contribution in [2.45, 2.75) is 19.8 Å². The maximum absolute atomic E-state index is 11.9. The molecule has 1 aliphatic rings. The highest BCUT2D eigenvalue weighted by atomic mass is 16.2.